The van der Waals surface area contributed by atoms with Crippen LogP contribution in [0.4, 0.5) is 4.79 Å². The van der Waals surface area contributed by atoms with Gasteiger partial charge in [0.1, 0.15) is 0 Å². The molecule has 1 fully saturated rings. The van der Waals surface area contributed by atoms with E-state index >= 15 is 0 Å². The van der Waals surface area contributed by atoms with Crippen LogP contribution in [-0.2, 0) is 0 Å². The molecule has 7 heteroatoms. The Morgan fingerprint density at radius 3 is 2.77 bits per heavy atom. The molecule has 1 saturated heterocycles. The Balaban J connectivity index is 0.00000144. The summed E-state index contributed by atoms with van der Waals surface area (Å²) in [5, 5.41) is 17.4. The van der Waals surface area contributed by atoms with Gasteiger partial charge in [-0.3, -0.25) is 4.79 Å². The summed E-state index contributed by atoms with van der Waals surface area (Å²) in [7, 11) is 0.789. The van der Waals surface area contributed by atoms with E-state index in [1.165, 1.54) is 4.90 Å². The Labute approximate surface area is 108 Å². The maximum atomic E-state index is 11.1. The normalized spacial score (nSPS) is 21.0. The van der Waals surface area contributed by atoms with E-state index < -0.39 is 11.9 Å². The number of hydrogen-bond donors (Lipinski definition) is 2. The van der Waals surface area contributed by atoms with Gasteiger partial charge in [-0.2, -0.15) is 0 Å². The van der Waals surface area contributed by atoms with Crippen LogP contribution >= 0.6 is 22.5 Å². The number of carbonyl (C=O) groups excluding carboxylic acids is 1. The van der Waals surface area contributed by atoms with Gasteiger partial charge in [0.2, 0.25) is 0 Å². The minimum atomic E-state index is -0.678. The van der Waals surface area contributed by atoms with Crippen molar-refractivity contribution >= 4 is 33.6 Å². The number of carbonyl (C=O) groups is 1. The minimum Gasteiger partial charge on any atom is -0.861 e. The summed E-state index contributed by atoms with van der Waals surface area (Å²) in [6, 6.07) is -0.530. The van der Waals surface area contributed by atoms with Crippen molar-refractivity contribution in [2.24, 2.45) is 0 Å². The molecule has 1 aliphatic heterocycles. The first-order chi connectivity index (χ1) is 5.66. The monoisotopic (exact) mass is 228 g/mol. The van der Waals surface area contributed by atoms with Crippen LogP contribution in [0.5, 0.6) is 0 Å². The van der Waals surface area contributed by atoms with Crippen molar-refractivity contribution in [1.82, 2.24) is 4.90 Å². The molecule has 1 heterocycles. The standard InChI is InChI=1S/C6H10N2O2S2.Na/c7-5(9)4-2-1-3-8(4)6(10)12-11;/h4,11H,1-3H2,(H2,7,9);/q;+1/p-1/t4-;/m0./s1. The van der Waals surface area contributed by atoms with Crippen LogP contribution in [0.25, 0.3) is 0 Å². The molecule has 0 aliphatic carbocycles. The average molecular weight is 228 g/mol. The van der Waals surface area contributed by atoms with E-state index in [-0.39, 0.29) is 34.8 Å². The molecule has 68 valence electrons. The van der Waals surface area contributed by atoms with Crippen molar-refractivity contribution in [3.05, 3.63) is 0 Å². The van der Waals surface area contributed by atoms with Crippen LogP contribution in [0.1, 0.15) is 12.8 Å². The van der Waals surface area contributed by atoms with E-state index in [2.05, 4.69) is 11.7 Å². The van der Waals surface area contributed by atoms with Crippen molar-refractivity contribution in [1.29, 1.82) is 5.41 Å². The first-order valence-corrected chi connectivity index (χ1v) is 5.41. The molecule has 1 aliphatic rings. The molecule has 1 rings (SSSR count). The Hall–Kier alpha value is 0.640. The third kappa shape index (κ3) is 3.36. The zero-order valence-electron chi connectivity index (χ0n) is 7.32. The number of rotatable bonds is 1. The number of likely N-dealkylation sites (tertiary alicyclic amines) is 1. The topological polar surface area (TPSA) is 67.2 Å². The Morgan fingerprint density at radius 2 is 2.31 bits per heavy atom. The number of nitrogens with zero attached hydrogens (tertiary/aromatic N) is 1. The van der Waals surface area contributed by atoms with Crippen molar-refractivity contribution in [2.75, 3.05) is 6.54 Å². The summed E-state index contributed by atoms with van der Waals surface area (Å²) in [5.74, 6) is -0.678. The van der Waals surface area contributed by atoms with E-state index in [1.54, 1.807) is 0 Å². The zero-order valence-corrected chi connectivity index (χ0v) is 11.0. The Kier molecular flexibility index (Phi) is 6.49. The van der Waals surface area contributed by atoms with Crippen LogP contribution in [0.2, 0.25) is 0 Å². The number of hydrogen-bond acceptors (Lipinski definition) is 5. The van der Waals surface area contributed by atoms with Gasteiger partial charge in [0.15, 0.2) is 0 Å². The van der Waals surface area contributed by atoms with Gasteiger partial charge in [0.05, 0.1) is 6.04 Å². The molecule has 0 aromatic rings. The molecule has 1 amide bonds. The van der Waals surface area contributed by atoms with Crippen molar-refractivity contribution in [2.45, 2.75) is 18.9 Å². The molecule has 0 saturated carbocycles. The summed E-state index contributed by atoms with van der Waals surface area (Å²) in [4.78, 5) is 12.5. The molecule has 0 bridgehead atoms. The van der Waals surface area contributed by atoms with E-state index in [4.69, 9.17) is 5.41 Å². The van der Waals surface area contributed by atoms with E-state index in [0.29, 0.717) is 13.0 Å². The molecule has 0 spiro atoms. The van der Waals surface area contributed by atoms with Crippen LogP contribution in [0, 0.1) is 5.41 Å². The quantitative estimate of drug-likeness (QED) is 0.171. The van der Waals surface area contributed by atoms with E-state index in [9.17, 15) is 9.90 Å². The van der Waals surface area contributed by atoms with Gasteiger partial charge in [-0.15, -0.1) is 11.7 Å². The summed E-state index contributed by atoms with van der Waals surface area (Å²) >= 11 is 3.75. The zero-order chi connectivity index (χ0) is 9.14. The van der Waals surface area contributed by atoms with Crippen molar-refractivity contribution in [3.63, 3.8) is 0 Å². The maximum absolute atomic E-state index is 11.1. The molecule has 13 heavy (non-hydrogen) atoms. The van der Waals surface area contributed by atoms with Crippen LogP contribution in [0.15, 0.2) is 0 Å². The smallest absolute Gasteiger partial charge is 0.861 e. The fourth-order valence-corrected chi connectivity index (χ4v) is 1.95. The summed E-state index contributed by atoms with van der Waals surface area (Å²) in [6.07, 6.45) is 1.41. The number of nitrogens with one attached hydrogen (secondary N) is 1. The largest absolute Gasteiger partial charge is 1.00 e. The third-order valence-corrected chi connectivity index (χ3v) is 2.73. The third-order valence-electron chi connectivity index (χ3n) is 1.87. The van der Waals surface area contributed by atoms with Gasteiger partial charge in [-0.25, -0.2) is 0 Å². The van der Waals surface area contributed by atoms with E-state index in [1.807, 2.05) is 0 Å². The summed E-state index contributed by atoms with van der Waals surface area (Å²) in [6.45, 7) is 0.571. The Bertz CT molecular complexity index is 215. The second kappa shape index (κ2) is 6.19. The number of amides is 1. The predicted molar refractivity (Wildman–Crippen MR) is 49.4 cm³/mol. The van der Waals surface area contributed by atoms with Gasteiger partial charge >= 0.3 is 29.6 Å². The first kappa shape index (κ1) is 13.6. The van der Waals surface area contributed by atoms with Gasteiger partial charge in [-0.1, -0.05) is 0 Å². The molecule has 1 N–H and O–H groups in total. The summed E-state index contributed by atoms with van der Waals surface area (Å²) in [5.41, 5.74) is 0. The minimum absolute atomic E-state index is 0. The van der Waals surface area contributed by atoms with Gasteiger partial charge in [-0.05, 0) is 18.7 Å². The molecule has 0 aromatic heterocycles. The fraction of sp³-hybridized carbons (Fsp3) is 0.667. The molecule has 1 atom stereocenters. The Morgan fingerprint density at radius 1 is 1.69 bits per heavy atom. The molecule has 4 nitrogen and oxygen atoms in total. The van der Waals surface area contributed by atoms with Crippen molar-refractivity contribution in [3.8, 4) is 0 Å². The van der Waals surface area contributed by atoms with Crippen molar-refractivity contribution < 1.29 is 39.5 Å². The van der Waals surface area contributed by atoms with Crippen LogP contribution < -0.4 is 34.7 Å². The van der Waals surface area contributed by atoms with E-state index in [0.717, 1.165) is 17.2 Å². The molecular formula is C6H9N2NaO2S2. The van der Waals surface area contributed by atoms with Crippen LogP contribution in [-0.4, -0.2) is 28.6 Å². The summed E-state index contributed by atoms with van der Waals surface area (Å²) < 4.78 is 0. The van der Waals surface area contributed by atoms with Crippen LogP contribution in [0.3, 0.4) is 0 Å². The molecule has 0 aromatic carbocycles. The molecule has 0 radical (unpaired) electrons. The molecule has 0 unspecified atom stereocenters. The first-order valence-electron chi connectivity index (χ1n) is 3.54. The predicted octanol–water partition coefficient (Wildman–Crippen LogP) is -2.51. The van der Waals surface area contributed by atoms with Gasteiger partial charge in [0, 0.05) is 17.3 Å². The second-order valence-corrected chi connectivity index (χ2v) is 3.65. The maximum Gasteiger partial charge on any atom is 1.00 e. The molecular weight excluding hydrogens is 219 g/mol. The number of thiol groups is 1. The van der Waals surface area contributed by atoms with Gasteiger partial charge < -0.3 is 15.4 Å². The fourth-order valence-electron chi connectivity index (χ4n) is 1.31. The SMILES string of the molecule is N=C([O-])[C@@H]1CCCN1C(=O)SS.[Na+]. The van der Waals surface area contributed by atoms with Gasteiger partial charge in [0.25, 0.3) is 5.24 Å². The average Bonchev–Trinajstić information content (AvgIpc) is 2.50. The second-order valence-electron chi connectivity index (χ2n) is 2.57.